The Kier molecular flexibility index (Phi) is 3.70. The first-order chi connectivity index (χ1) is 7.99. The lowest BCUT2D eigenvalue weighted by Gasteiger charge is -2.09. The van der Waals surface area contributed by atoms with Gasteiger partial charge in [-0.05, 0) is 6.07 Å². The number of aliphatic carboxylic acids is 1. The molecule has 1 unspecified atom stereocenters. The summed E-state index contributed by atoms with van der Waals surface area (Å²) < 4.78 is 4.28. The highest BCUT2D eigenvalue weighted by atomic mass is 16.6. The van der Waals surface area contributed by atoms with Crippen LogP contribution in [0, 0.1) is 10.1 Å². The highest BCUT2D eigenvalue weighted by Gasteiger charge is 2.36. The molecule has 1 aromatic heterocycles. The zero-order valence-electron chi connectivity index (χ0n) is 8.69. The molecule has 17 heavy (non-hydrogen) atoms. The molecular weight excluding hydrogens is 232 g/mol. The molecule has 1 N–H and O–H groups in total. The van der Waals surface area contributed by atoms with Crippen molar-refractivity contribution in [3.8, 4) is 0 Å². The average molecular weight is 240 g/mol. The molecule has 0 amide bonds. The van der Waals surface area contributed by atoms with Gasteiger partial charge >= 0.3 is 11.9 Å². The molecule has 0 aliphatic heterocycles. The van der Waals surface area contributed by atoms with E-state index in [4.69, 9.17) is 5.11 Å². The summed E-state index contributed by atoms with van der Waals surface area (Å²) in [5.74, 6) is -4.47. The molecule has 1 rings (SSSR count). The van der Waals surface area contributed by atoms with Crippen LogP contribution in [0.1, 0.15) is 11.6 Å². The molecule has 1 aromatic rings. The number of esters is 1. The maximum atomic E-state index is 11.3. The minimum absolute atomic E-state index is 0.447. The Labute approximate surface area is 95.0 Å². The zero-order valence-corrected chi connectivity index (χ0v) is 8.69. The molecule has 0 aliphatic carbocycles. The summed E-state index contributed by atoms with van der Waals surface area (Å²) in [7, 11) is 0.993. The van der Waals surface area contributed by atoms with Crippen molar-refractivity contribution in [1.29, 1.82) is 0 Å². The van der Waals surface area contributed by atoms with E-state index in [0.717, 1.165) is 13.2 Å². The van der Waals surface area contributed by atoms with Gasteiger partial charge in [0.05, 0.1) is 12.0 Å². The summed E-state index contributed by atoms with van der Waals surface area (Å²) in [6.45, 7) is 0. The molecular formula is C9H8N2O6. The van der Waals surface area contributed by atoms with Crippen LogP contribution in [0.25, 0.3) is 0 Å². The molecule has 0 aliphatic rings. The van der Waals surface area contributed by atoms with Crippen molar-refractivity contribution >= 4 is 17.6 Å². The van der Waals surface area contributed by atoms with Gasteiger partial charge in [0.1, 0.15) is 5.69 Å². The van der Waals surface area contributed by atoms with Crippen molar-refractivity contribution in [2.75, 3.05) is 7.11 Å². The molecule has 1 heterocycles. The Morgan fingerprint density at radius 3 is 2.71 bits per heavy atom. The van der Waals surface area contributed by atoms with Crippen LogP contribution >= 0.6 is 0 Å². The van der Waals surface area contributed by atoms with Crippen molar-refractivity contribution in [2.24, 2.45) is 0 Å². The van der Waals surface area contributed by atoms with E-state index in [2.05, 4.69) is 9.72 Å². The van der Waals surface area contributed by atoms with Crippen molar-refractivity contribution < 1.29 is 24.4 Å². The number of hydrogen-bond acceptors (Lipinski definition) is 6. The van der Waals surface area contributed by atoms with Crippen LogP contribution in [-0.2, 0) is 14.3 Å². The van der Waals surface area contributed by atoms with Gasteiger partial charge in [-0.25, -0.2) is 0 Å². The second-order valence-electron chi connectivity index (χ2n) is 2.96. The van der Waals surface area contributed by atoms with E-state index < -0.39 is 34.2 Å². The number of pyridine rings is 1. The summed E-state index contributed by atoms with van der Waals surface area (Å²) in [5, 5.41) is 19.6. The molecule has 0 saturated heterocycles. The first kappa shape index (κ1) is 12.6. The predicted octanol–water partition coefficient (Wildman–Crippen LogP) is 0.331. The van der Waals surface area contributed by atoms with Gasteiger partial charge in [-0.1, -0.05) is 0 Å². The van der Waals surface area contributed by atoms with Crippen LogP contribution < -0.4 is 0 Å². The summed E-state index contributed by atoms with van der Waals surface area (Å²) in [6, 6.07) is 2.35. The topological polar surface area (TPSA) is 120 Å². The van der Waals surface area contributed by atoms with Crippen molar-refractivity contribution in [2.45, 2.75) is 5.92 Å². The lowest BCUT2D eigenvalue weighted by Crippen LogP contribution is -2.24. The second kappa shape index (κ2) is 5.01. The van der Waals surface area contributed by atoms with Crippen LogP contribution in [0.3, 0.4) is 0 Å². The van der Waals surface area contributed by atoms with Gasteiger partial charge in [0.2, 0.25) is 5.92 Å². The van der Waals surface area contributed by atoms with Crippen molar-refractivity contribution in [1.82, 2.24) is 4.98 Å². The van der Waals surface area contributed by atoms with Gasteiger partial charge in [0, 0.05) is 12.3 Å². The summed E-state index contributed by atoms with van der Waals surface area (Å²) in [6.07, 6.45) is 1.17. The van der Waals surface area contributed by atoms with Crippen LogP contribution in [0.4, 0.5) is 5.69 Å². The molecule has 0 fully saturated rings. The fourth-order valence-corrected chi connectivity index (χ4v) is 1.23. The van der Waals surface area contributed by atoms with Gasteiger partial charge < -0.3 is 9.84 Å². The highest BCUT2D eigenvalue weighted by Crippen LogP contribution is 2.25. The fourth-order valence-electron chi connectivity index (χ4n) is 1.23. The number of carbonyl (C=O) groups is 2. The van der Waals surface area contributed by atoms with E-state index in [0.29, 0.717) is 0 Å². The zero-order chi connectivity index (χ0) is 13.0. The van der Waals surface area contributed by atoms with Crippen LogP contribution in [0.2, 0.25) is 0 Å². The molecule has 90 valence electrons. The number of methoxy groups -OCH3 is 1. The van der Waals surface area contributed by atoms with Gasteiger partial charge in [0.15, 0.2) is 0 Å². The number of carboxylic acids is 1. The summed E-state index contributed by atoms with van der Waals surface area (Å²) >= 11 is 0. The maximum absolute atomic E-state index is 11.3. The average Bonchev–Trinajstić information content (AvgIpc) is 2.29. The molecule has 8 heteroatoms. The Bertz CT molecular complexity index is 472. The number of nitrogens with zero attached hydrogens (tertiary/aromatic N) is 2. The molecule has 0 bridgehead atoms. The normalized spacial score (nSPS) is 11.6. The number of rotatable bonds is 4. The van der Waals surface area contributed by atoms with Crippen molar-refractivity contribution in [3.05, 3.63) is 34.1 Å². The van der Waals surface area contributed by atoms with E-state index in [1.54, 1.807) is 0 Å². The monoisotopic (exact) mass is 240 g/mol. The Balaban J connectivity index is 3.33. The SMILES string of the molecule is COC(=O)C(C(=O)O)c1ncccc1[N+](=O)[O-]. The first-order valence-corrected chi connectivity index (χ1v) is 4.39. The van der Waals surface area contributed by atoms with Gasteiger partial charge in [-0.15, -0.1) is 0 Å². The summed E-state index contributed by atoms with van der Waals surface area (Å²) in [4.78, 5) is 35.6. The number of carboxylic acid groups (broad SMARTS) is 1. The molecule has 0 spiro atoms. The maximum Gasteiger partial charge on any atom is 0.326 e. The Hall–Kier alpha value is -2.51. The fraction of sp³-hybridized carbons (Fsp3) is 0.222. The van der Waals surface area contributed by atoms with Crippen LogP contribution in [0.15, 0.2) is 18.3 Å². The number of carbonyl (C=O) groups excluding carboxylic acids is 1. The summed E-state index contributed by atoms with van der Waals surface area (Å²) in [5.41, 5.74) is -0.984. The quantitative estimate of drug-likeness (QED) is 0.348. The standard InChI is InChI=1S/C9H8N2O6/c1-17-9(14)6(8(12)13)7-5(11(15)16)3-2-4-10-7/h2-4,6H,1H3,(H,12,13). The lowest BCUT2D eigenvalue weighted by molar-refractivity contribution is -0.386. The Morgan fingerprint density at radius 1 is 1.59 bits per heavy atom. The van der Waals surface area contributed by atoms with Crippen LogP contribution in [-0.4, -0.2) is 34.1 Å². The second-order valence-corrected chi connectivity index (χ2v) is 2.96. The largest absolute Gasteiger partial charge is 0.480 e. The number of nitro groups is 1. The minimum atomic E-state index is -1.80. The highest BCUT2D eigenvalue weighted by molar-refractivity contribution is 6.00. The van der Waals surface area contributed by atoms with Gasteiger partial charge in [0.25, 0.3) is 5.69 Å². The van der Waals surface area contributed by atoms with E-state index in [9.17, 15) is 19.7 Å². The predicted molar refractivity (Wildman–Crippen MR) is 53.3 cm³/mol. The smallest absolute Gasteiger partial charge is 0.326 e. The minimum Gasteiger partial charge on any atom is -0.480 e. The van der Waals surface area contributed by atoms with E-state index in [-0.39, 0.29) is 0 Å². The molecule has 8 nitrogen and oxygen atoms in total. The number of ether oxygens (including phenoxy) is 1. The lowest BCUT2D eigenvalue weighted by atomic mass is 10.0. The van der Waals surface area contributed by atoms with Gasteiger partial charge in [-0.2, -0.15) is 0 Å². The third-order valence-electron chi connectivity index (χ3n) is 1.97. The van der Waals surface area contributed by atoms with Crippen LogP contribution in [0.5, 0.6) is 0 Å². The third kappa shape index (κ3) is 2.54. The van der Waals surface area contributed by atoms with Gasteiger partial charge in [-0.3, -0.25) is 24.7 Å². The third-order valence-corrected chi connectivity index (χ3v) is 1.97. The molecule has 0 radical (unpaired) electrons. The first-order valence-electron chi connectivity index (χ1n) is 4.39. The molecule has 1 atom stereocenters. The van der Waals surface area contributed by atoms with E-state index in [1.807, 2.05) is 0 Å². The van der Waals surface area contributed by atoms with Crippen molar-refractivity contribution in [3.63, 3.8) is 0 Å². The van der Waals surface area contributed by atoms with E-state index in [1.165, 1.54) is 12.3 Å². The number of hydrogen-bond donors (Lipinski definition) is 1. The Morgan fingerprint density at radius 2 is 2.24 bits per heavy atom. The molecule has 0 aromatic carbocycles. The number of aromatic nitrogens is 1. The molecule has 0 saturated carbocycles. The van der Waals surface area contributed by atoms with E-state index >= 15 is 0 Å².